The molecule has 0 atom stereocenters. The molecule has 0 unspecified atom stereocenters. The van der Waals surface area contributed by atoms with E-state index in [2.05, 4.69) is 31.2 Å². The summed E-state index contributed by atoms with van der Waals surface area (Å²) >= 11 is 0. The second-order valence-electron chi connectivity index (χ2n) is 4.45. The summed E-state index contributed by atoms with van der Waals surface area (Å²) in [6, 6.07) is 8.87. The van der Waals surface area contributed by atoms with Gasteiger partial charge < -0.3 is 5.11 Å². The number of hydrogen-bond acceptors (Lipinski definition) is 1. The van der Waals surface area contributed by atoms with Gasteiger partial charge in [-0.3, -0.25) is 0 Å². The summed E-state index contributed by atoms with van der Waals surface area (Å²) in [5, 5.41) is 8.75. The van der Waals surface area contributed by atoms with Gasteiger partial charge in [-0.2, -0.15) is 0 Å². The van der Waals surface area contributed by atoms with E-state index in [0.717, 1.165) is 12.8 Å². The topological polar surface area (TPSA) is 20.2 Å². The Balaban J connectivity index is 2.27. The predicted octanol–water partition coefficient (Wildman–Crippen LogP) is 3.73. The van der Waals surface area contributed by atoms with Crippen LogP contribution >= 0.6 is 0 Å². The van der Waals surface area contributed by atoms with Crippen LogP contribution < -0.4 is 0 Å². The molecule has 0 saturated heterocycles. The summed E-state index contributed by atoms with van der Waals surface area (Å²) < 4.78 is 0. The van der Waals surface area contributed by atoms with Gasteiger partial charge in [-0.05, 0) is 36.8 Å². The fourth-order valence-corrected chi connectivity index (χ4v) is 1.91. The van der Waals surface area contributed by atoms with Crippen LogP contribution in [-0.2, 0) is 12.8 Å². The van der Waals surface area contributed by atoms with Crippen molar-refractivity contribution < 1.29 is 5.11 Å². The fourth-order valence-electron chi connectivity index (χ4n) is 1.91. The molecular weight excluding hydrogens is 196 g/mol. The van der Waals surface area contributed by atoms with Crippen molar-refractivity contribution in [3.05, 3.63) is 35.4 Å². The molecule has 0 fully saturated rings. The van der Waals surface area contributed by atoms with Gasteiger partial charge in [0, 0.05) is 6.61 Å². The van der Waals surface area contributed by atoms with Gasteiger partial charge in [0.1, 0.15) is 0 Å². The molecule has 1 nitrogen and oxygen atoms in total. The Labute approximate surface area is 99.5 Å². The largest absolute Gasteiger partial charge is 0.396 e. The van der Waals surface area contributed by atoms with Crippen molar-refractivity contribution in [2.24, 2.45) is 0 Å². The summed E-state index contributed by atoms with van der Waals surface area (Å²) in [5.41, 5.74) is 2.79. The van der Waals surface area contributed by atoms with Crippen LogP contribution in [0.2, 0.25) is 0 Å². The number of hydrogen-bond donors (Lipinski definition) is 1. The molecule has 0 saturated carbocycles. The molecule has 0 heterocycles. The van der Waals surface area contributed by atoms with E-state index in [1.807, 2.05) is 0 Å². The lowest BCUT2D eigenvalue weighted by atomic mass is 10.0. The average molecular weight is 220 g/mol. The second kappa shape index (κ2) is 8.35. The van der Waals surface area contributed by atoms with Crippen molar-refractivity contribution in [3.8, 4) is 0 Å². The Morgan fingerprint density at radius 3 is 1.88 bits per heavy atom. The van der Waals surface area contributed by atoms with Gasteiger partial charge in [0.2, 0.25) is 0 Å². The van der Waals surface area contributed by atoms with Crippen molar-refractivity contribution in [2.75, 3.05) is 6.61 Å². The third kappa shape index (κ3) is 5.32. The Kier molecular flexibility index (Phi) is 6.91. The van der Waals surface area contributed by atoms with Crippen LogP contribution in [0.15, 0.2) is 24.3 Å². The minimum absolute atomic E-state index is 0.290. The number of rotatable bonds is 8. The Morgan fingerprint density at radius 1 is 0.812 bits per heavy atom. The maximum Gasteiger partial charge on any atom is 0.0434 e. The van der Waals surface area contributed by atoms with Gasteiger partial charge in [-0.25, -0.2) is 0 Å². The van der Waals surface area contributed by atoms with Gasteiger partial charge >= 0.3 is 0 Å². The summed E-state index contributed by atoms with van der Waals surface area (Å²) in [6.45, 7) is 2.54. The van der Waals surface area contributed by atoms with Crippen LogP contribution in [0.4, 0.5) is 0 Å². The first kappa shape index (κ1) is 13.2. The van der Waals surface area contributed by atoms with Gasteiger partial charge in [0.25, 0.3) is 0 Å². The standard InChI is InChI=1S/C15H24O/c1-2-3-4-5-7-14-9-11-15(12-10-14)8-6-13-16/h9-12,16H,2-8,13H2,1H3. The van der Waals surface area contributed by atoms with Crippen molar-refractivity contribution in [1.29, 1.82) is 0 Å². The van der Waals surface area contributed by atoms with Crippen LogP contribution in [0.1, 0.15) is 50.2 Å². The molecule has 0 aliphatic rings. The number of aliphatic hydroxyl groups excluding tert-OH is 1. The molecule has 1 aromatic rings. The van der Waals surface area contributed by atoms with E-state index in [-0.39, 0.29) is 0 Å². The molecule has 0 amide bonds. The number of aryl methyl sites for hydroxylation is 2. The molecule has 0 aliphatic heterocycles. The Bertz CT molecular complexity index is 263. The Hall–Kier alpha value is -0.820. The smallest absolute Gasteiger partial charge is 0.0434 e. The maximum atomic E-state index is 8.75. The molecule has 0 radical (unpaired) electrons. The average Bonchev–Trinajstić information content (AvgIpc) is 2.33. The highest BCUT2D eigenvalue weighted by atomic mass is 16.2. The molecule has 0 aliphatic carbocycles. The van der Waals surface area contributed by atoms with Crippen LogP contribution in [-0.4, -0.2) is 11.7 Å². The molecule has 1 heteroatoms. The third-order valence-electron chi connectivity index (χ3n) is 2.97. The van der Waals surface area contributed by atoms with Crippen LogP contribution in [0.5, 0.6) is 0 Å². The summed E-state index contributed by atoms with van der Waals surface area (Å²) in [7, 11) is 0. The van der Waals surface area contributed by atoms with Gasteiger partial charge in [-0.15, -0.1) is 0 Å². The number of aliphatic hydroxyl groups is 1. The molecule has 1 rings (SSSR count). The predicted molar refractivity (Wildman–Crippen MR) is 69.7 cm³/mol. The van der Waals surface area contributed by atoms with E-state index in [0.29, 0.717) is 6.61 Å². The van der Waals surface area contributed by atoms with E-state index < -0.39 is 0 Å². The van der Waals surface area contributed by atoms with Crippen LogP contribution in [0.25, 0.3) is 0 Å². The van der Waals surface area contributed by atoms with Crippen molar-refractivity contribution in [3.63, 3.8) is 0 Å². The summed E-state index contributed by atoms with van der Waals surface area (Å²) in [5.74, 6) is 0. The van der Waals surface area contributed by atoms with Crippen molar-refractivity contribution >= 4 is 0 Å². The lowest BCUT2D eigenvalue weighted by Gasteiger charge is -2.03. The zero-order valence-corrected chi connectivity index (χ0v) is 10.4. The molecule has 90 valence electrons. The van der Waals surface area contributed by atoms with Gasteiger partial charge in [0.05, 0.1) is 0 Å². The maximum absolute atomic E-state index is 8.75. The molecule has 0 spiro atoms. The number of benzene rings is 1. The van der Waals surface area contributed by atoms with E-state index in [1.165, 1.54) is 43.2 Å². The first-order valence-electron chi connectivity index (χ1n) is 6.55. The van der Waals surface area contributed by atoms with Crippen LogP contribution in [0, 0.1) is 0 Å². The Morgan fingerprint density at radius 2 is 1.38 bits per heavy atom. The molecule has 1 N–H and O–H groups in total. The second-order valence-corrected chi connectivity index (χ2v) is 4.45. The van der Waals surface area contributed by atoms with Gasteiger partial charge in [-0.1, -0.05) is 50.5 Å². The minimum atomic E-state index is 0.290. The normalized spacial score (nSPS) is 10.6. The third-order valence-corrected chi connectivity index (χ3v) is 2.97. The fraction of sp³-hybridized carbons (Fsp3) is 0.600. The molecule has 1 aromatic carbocycles. The number of unbranched alkanes of at least 4 members (excludes halogenated alkanes) is 3. The van der Waals surface area contributed by atoms with E-state index in [4.69, 9.17) is 5.11 Å². The highest BCUT2D eigenvalue weighted by Crippen LogP contribution is 2.10. The lowest BCUT2D eigenvalue weighted by molar-refractivity contribution is 0.288. The molecule has 0 bridgehead atoms. The van der Waals surface area contributed by atoms with Gasteiger partial charge in [0.15, 0.2) is 0 Å². The minimum Gasteiger partial charge on any atom is -0.396 e. The van der Waals surface area contributed by atoms with E-state index >= 15 is 0 Å². The zero-order chi connectivity index (χ0) is 11.6. The highest BCUT2D eigenvalue weighted by Gasteiger charge is 1.95. The quantitative estimate of drug-likeness (QED) is 0.662. The molecule has 0 aromatic heterocycles. The van der Waals surface area contributed by atoms with E-state index in [9.17, 15) is 0 Å². The highest BCUT2D eigenvalue weighted by molar-refractivity contribution is 5.22. The lowest BCUT2D eigenvalue weighted by Crippen LogP contribution is -1.91. The SMILES string of the molecule is CCCCCCc1ccc(CCCO)cc1. The zero-order valence-electron chi connectivity index (χ0n) is 10.4. The van der Waals surface area contributed by atoms with E-state index in [1.54, 1.807) is 0 Å². The van der Waals surface area contributed by atoms with Crippen molar-refractivity contribution in [1.82, 2.24) is 0 Å². The summed E-state index contributed by atoms with van der Waals surface area (Å²) in [4.78, 5) is 0. The molecule has 16 heavy (non-hydrogen) atoms. The van der Waals surface area contributed by atoms with Crippen LogP contribution in [0.3, 0.4) is 0 Å². The first-order valence-corrected chi connectivity index (χ1v) is 6.55. The molecular formula is C15H24O. The monoisotopic (exact) mass is 220 g/mol. The first-order chi connectivity index (χ1) is 7.86. The van der Waals surface area contributed by atoms with Crippen molar-refractivity contribution in [2.45, 2.75) is 51.9 Å². The summed E-state index contributed by atoms with van der Waals surface area (Å²) in [6.07, 6.45) is 8.39.